The molecule has 0 aliphatic carbocycles. The number of aromatic hydroxyl groups is 1. The molecule has 2 N–H and O–H groups in total. The summed E-state index contributed by atoms with van der Waals surface area (Å²) in [4.78, 5) is 24.6. The Labute approximate surface area is 141 Å². The van der Waals surface area contributed by atoms with Crippen molar-refractivity contribution in [3.63, 3.8) is 0 Å². The van der Waals surface area contributed by atoms with E-state index < -0.39 is 11.8 Å². The van der Waals surface area contributed by atoms with Crippen LogP contribution in [0.2, 0.25) is 0 Å². The highest BCUT2D eigenvalue weighted by Crippen LogP contribution is 2.26. The minimum Gasteiger partial charge on any atom is -0.507 e. The van der Waals surface area contributed by atoms with E-state index >= 15 is 0 Å². The third kappa shape index (κ3) is 2.98. The smallest absolute Gasteiger partial charge is 0.282 e. The zero-order chi connectivity index (χ0) is 16.6. The number of hydrogen-bond acceptors (Lipinski definition) is 3. The zero-order valence-corrected chi connectivity index (χ0v) is 13.8. The molecular formula is C17H13BrN2O3. The lowest BCUT2D eigenvalue weighted by molar-refractivity contribution is -0.117. The van der Waals surface area contributed by atoms with Crippen molar-refractivity contribution in [1.82, 2.24) is 5.43 Å². The second-order valence-electron chi connectivity index (χ2n) is 5.18. The van der Waals surface area contributed by atoms with E-state index in [0.29, 0.717) is 11.3 Å². The van der Waals surface area contributed by atoms with Gasteiger partial charge in [-0.3, -0.25) is 15.0 Å². The van der Waals surface area contributed by atoms with Crippen LogP contribution < -0.4 is 10.4 Å². The number of anilines is 1. The number of phenols is 1. The first kappa shape index (κ1) is 15.3. The summed E-state index contributed by atoms with van der Waals surface area (Å²) in [6, 6.07) is 12.0. The van der Waals surface area contributed by atoms with Gasteiger partial charge in [-0.05, 0) is 43.3 Å². The second-order valence-corrected chi connectivity index (χ2v) is 6.10. The molecule has 2 aromatic rings. The van der Waals surface area contributed by atoms with E-state index in [9.17, 15) is 14.7 Å². The molecule has 1 fully saturated rings. The third-order valence-electron chi connectivity index (χ3n) is 3.44. The summed E-state index contributed by atoms with van der Waals surface area (Å²) in [5, 5.41) is 11.1. The molecule has 1 aliphatic heterocycles. The number of benzene rings is 2. The Hall–Kier alpha value is -2.60. The molecule has 0 atom stereocenters. The van der Waals surface area contributed by atoms with E-state index in [-0.39, 0.29) is 11.3 Å². The highest BCUT2D eigenvalue weighted by atomic mass is 79.9. The van der Waals surface area contributed by atoms with Gasteiger partial charge in [0.15, 0.2) is 0 Å². The van der Waals surface area contributed by atoms with Crippen molar-refractivity contribution in [1.29, 1.82) is 0 Å². The van der Waals surface area contributed by atoms with Crippen molar-refractivity contribution in [3.8, 4) is 5.75 Å². The first-order valence-electron chi connectivity index (χ1n) is 6.88. The monoisotopic (exact) mass is 372 g/mol. The highest BCUT2D eigenvalue weighted by Gasteiger charge is 2.34. The maximum atomic E-state index is 12.5. The molecule has 0 saturated carbocycles. The SMILES string of the molecule is Cc1ccc(O)c(/C=C2/C(=O)NN(c3cccc(Br)c3)C2=O)c1. The molecule has 5 nitrogen and oxygen atoms in total. The van der Waals surface area contributed by atoms with E-state index in [0.717, 1.165) is 10.0 Å². The van der Waals surface area contributed by atoms with Gasteiger partial charge >= 0.3 is 0 Å². The molecule has 6 heteroatoms. The molecule has 3 rings (SSSR count). The van der Waals surface area contributed by atoms with Gasteiger partial charge in [0.25, 0.3) is 11.8 Å². The first-order chi connectivity index (χ1) is 11.0. The Morgan fingerprint density at radius 2 is 1.96 bits per heavy atom. The number of nitrogens with one attached hydrogen (secondary N) is 1. The standard InChI is InChI=1S/C17H13BrN2O3/c1-10-5-6-15(21)11(7-10)8-14-16(22)19-20(17(14)23)13-4-2-3-12(18)9-13/h2-9,21H,1H3,(H,19,22)/b14-8-. The van der Waals surface area contributed by atoms with Crippen molar-refractivity contribution in [2.24, 2.45) is 0 Å². The number of hydrazine groups is 1. The fourth-order valence-corrected chi connectivity index (χ4v) is 2.69. The molecule has 2 aromatic carbocycles. The molecule has 23 heavy (non-hydrogen) atoms. The van der Waals surface area contributed by atoms with Crippen molar-refractivity contribution in [3.05, 3.63) is 63.6 Å². The van der Waals surface area contributed by atoms with Gasteiger partial charge in [-0.25, -0.2) is 5.01 Å². The normalized spacial score (nSPS) is 16.1. The molecule has 1 saturated heterocycles. The Bertz CT molecular complexity index is 845. The lowest BCUT2D eigenvalue weighted by atomic mass is 10.1. The average molecular weight is 373 g/mol. The lowest BCUT2D eigenvalue weighted by Gasteiger charge is -2.14. The number of carbonyl (C=O) groups excluding carboxylic acids is 2. The topological polar surface area (TPSA) is 69.6 Å². The summed E-state index contributed by atoms with van der Waals surface area (Å²) in [5.74, 6) is -0.950. The van der Waals surface area contributed by atoms with Crippen LogP contribution in [-0.2, 0) is 9.59 Å². The molecule has 0 spiro atoms. The summed E-state index contributed by atoms with van der Waals surface area (Å²) in [5.41, 5.74) is 4.40. The van der Waals surface area contributed by atoms with E-state index in [1.807, 2.05) is 13.0 Å². The van der Waals surface area contributed by atoms with Crippen molar-refractivity contribution in [2.45, 2.75) is 6.92 Å². The Balaban J connectivity index is 1.99. The van der Waals surface area contributed by atoms with Gasteiger partial charge < -0.3 is 5.11 Å². The molecule has 2 amide bonds. The number of aryl methyl sites for hydroxylation is 1. The summed E-state index contributed by atoms with van der Waals surface area (Å²) < 4.78 is 0.797. The van der Waals surface area contributed by atoms with Gasteiger partial charge in [-0.2, -0.15) is 0 Å². The molecule has 116 valence electrons. The van der Waals surface area contributed by atoms with Crippen LogP contribution in [0.25, 0.3) is 6.08 Å². The number of carbonyl (C=O) groups is 2. The van der Waals surface area contributed by atoms with Crippen LogP contribution in [-0.4, -0.2) is 16.9 Å². The van der Waals surface area contributed by atoms with Crippen molar-refractivity contribution >= 4 is 39.5 Å². The maximum Gasteiger partial charge on any atom is 0.282 e. The molecule has 0 aromatic heterocycles. The van der Waals surface area contributed by atoms with Crippen LogP contribution >= 0.6 is 15.9 Å². The number of amides is 2. The summed E-state index contributed by atoms with van der Waals surface area (Å²) >= 11 is 3.33. The van der Waals surface area contributed by atoms with Crippen molar-refractivity contribution in [2.75, 3.05) is 5.01 Å². The summed E-state index contributed by atoms with van der Waals surface area (Å²) in [6.45, 7) is 1.87. The second kappa shape index (κ2) is 5.89. The van der Waals surface area contributed by atoms with Crippen LogP contribution in [0.3, 0.4) is 0 Å². The minimum absolute atomic E-state index is 0.0182. The largest absolute Gasteiger partial charge is 0.507 e. The Morgan fingerprint density at radius 1 is 1.17 bits per heavy atom. The van der Waals surface area contributed by atoms with Crippen LogP contribution in [0.5, 0.6) is 5.75 Å². The van der Waals surface area contributed by atoms with Gasteiger partial charge in [-0.1, -0.05) is 33.6 Å². The van der Waals surface area contributed by atoms with E-state index in [2.05, 4.69) is 21.4 Å². The molecule has 0 radical (unpaired) electrons. The maximum absolute atomic E-state index is 12.5. The van der Waals surface area contributed by atoms with Crippen LogP contribution in [0.15, 0.2) is 52.5 Å². The predicted octanol–water partition coefficient (Wildman–Crippen LogP) is 2.92. The van der Waals surface area contributed by atoms with Crippen LogP contribution in [0, 0.1) is 6.92 Å². The number of hydrogen-bond donors (Lipinski definition) is 2. The Kier molecular flexibility index (Phi) is 3.92. The van der Waals surface area contributed by atoms with Gasteiger partial charge in [0.2, 0.25) is 0 Å². The van der Waals surface area contributed by atoms with Gasteiger partial charge in [-0.15, -0.1) is 0 Å². The molecule has 1 aliphatic rings. The number of nitrogens with zero attached hydrogens (tertiary/aromatic N) is 1. The quantitative estimate of drug-likeness (QED) is 0.628. The molecule has 0 unspecified atom stereocenters. The molecule has 0 bridgehead atoms. The highest BCUT2D eigenvalue weighted by molar-refractivity contribution is 9.10. The third-order valence-corrected chi connectivity index (χ3v) is 3.93. The summed E-state index contributed by atoms with van der Waals surface area (Å²) in [6.07, 6.45) is 1.40. The van der Waals surface area contributed by atoms with Crippen LogP contribution in [0.1, 0.15) is 11.1 Å². The van der Waals surface area contributed by atoms with Gasteiger partial charge in [0, 0.05) is 10.0 Å². The Morgan fingerprint density at radius 3 is 2.70 bits per heavy atom. The molecule has 1 heterocycles. The number of phenolic OH excluding ortho intramolecular Hbond substituents is 1. The fourth-order valence-electron chi connectivity index (χ4n) is 2.30. The predicted molar refractivity (Wildman–Crippen MR) is 90.6 cm³/mol. The van der Waals surface area contributed by atoms with Gasteiger partial charge in [0.1, 0.15) is 11.3 Å². The number of rotatable bonds is 2. The van der Waals surface area contributed by atoms with E-state index in [1.54, 1.807) is 30.3 Å². The van der Waals surface area contributed by atoms with E-state index in [4.69, 9.17) is 0 Å². The van der Waals surface area contributed by atoms with E-state index in [1.165, 1.54) is 17.2 Å². The lowest BCUT2D eigenvalue weighted by Crippen LogP contribution is -2.35. The summed E-state index contributed by atoms with van der Waals surface area (Å²) in [7, 11) is 0. The molecular weight excluding hydrogens is 360 g/mol. The van der Waals surface area contributed by atoms with Crippen LogP contribution in [0.4, 0.5) is 5.69 Å². The first-order valence-corrected chi connectivity index (χ1v) is 7.67. The average Bonchev–Trinajstić information content (AvgIpc) is 2.79. The zero-order valence-electron chi connectivity index (χ0n) is 12.2. The van der Waals surface area contributed by atoms with Gasteiger partial charge in [0.05, 0.1) is 5.69 Å². The fraction of sp³-hybridized carbons (Fsp3) is 0.0588. The number of halogens is 1. The minimum atomic E-state index is -0.504. The van der Waals surface area contributed by atoms with Crippen molar-refractivity contribution < 1.29 is 14.7 Å².